The quantitative estimate of drug-likeness (QED) is 0.876. The Morgan fingerprint density at radius 1 is 1.38 bits per heavy atom. The van der Waals surface area contributed by atoms with E-state index in [1.54, 1.807) is 4.90 Å². The lowest BCUT2D eigenvalue weighted by atomic mass is 9.88. The summed E-state index contributed by atoms with van der Waals surface area (Å²) in [6.45, 7) is 5.79. The van der Waals surface area contributed by atoms with E-state index in [0.717, 1.165) is 19.4 Å². The number of likely N-dealkylation sites (tertiary alicyclic amines) is 1. The van der Waals surface area contributed by atoms with Gasteiger partial charge >= 0.3 is 6.03 Å². The molecule has 21 heavy (non-hydrogen) atoms. The fourth-order valence-electron chi connectivity index (χ4n) is 3.03. The number of aliphatic hydroxyl groups is 1. The average molecular weight is 290 g/mol. The Labute approximate surface area is 127 Å². The van der Waals surface area contributed by atoms with Crippen molar-refractivity contribution < 1.29 is 9.90 Å². The van der Waals surface area contributed by atoms with Crippen molar-refractivity contribution in [1.82, 2.24) is 10.2 Å². The molecule has 2 amide bonds. The van der Waals surface area contributed by atoms with Gasteiger partial charge in [0.2, 0.25) is 0 Å². The minimum absolute atomic E-state index is 0.0146. The molecule has 2 unspecified atom stereocenters. The van der Waals surface area contributed by atoms with Crippen molar-refractivity contribution in [2.45, 2.75) is 38.6 Å². The molecule has 1 aromatic rings. The standard InChI is InChI=1S/C17H26N2O2/c1-13(2)16(14-7-4-3-5-8-14)11-18-17(21)19-10-6-9-15(19)12-20/h3-5,7-8,13,15-16,20H,6,9-12H2,1-2H3,(H,18,21). The van der Waals surface area contributed by atoms with Crippen LogP contribution in [0, 0.1) is 5.92 Å². The Morgan fingerprint density at radius 3 is 2.71 bits per heavy atom. The van der Waals surface area contributed by atoms with Gasteiger partial charge in [-0.15, -0.1) is 0 Å². The van der Waals surface area contributed by atoms with E-state index in [1.165, 1.54) is 5.56 Å². The van der Waals surface area contributed by atoms with Crippen LogP contribution in [0.3, 0.4) is 0 Å². The maximum absolute atomic E-state index is 12.3. The Balaban J connectivity index is 1.95. The Bertz CT molecular complexity index is 447. The fraction of sp³-hybridized carbons (Fsp3) is 0.588. The number of amides is 2. The second-order valence-corrected chi connectivity index (χ2v) is 6.12. The first kappa shape index (κ1) is 15.8. The lowest BCUT2D eigenvalue weighted by Crippen LogP contribution is -2.45. The van der Waals surface area contributed by atoms with Gasteiger partial charge in [0.25, 0.3) is 0 Å². The summed E-state index contributed by atoms with van der Waals surface area (Å²) < 4.78 is 0. The van der Waals surface area contributed by atoms with E-state index in [-0.39, 0.29) is 18.7 Å². The predicted molar refractivity (Wildman–Crippen MR) is 84.2 cm³/mol. The molecule has 1 aliphatic heterocycles. The Hall–Kier alpha value is -1.55. The van der Waals surface area contributed by atoms with Gasteiger partial charge in [-0.05, 0) is 24.3 Å². The minimum atomic E-state index is -0.0480. The number of aliphatic hydroxyl groups excluding tert-OH is 1. The molecule has 116 valence electrons. The Kier molecular flexibility index (Phi) is 5.62. The summed E-state index contributed by atoms with van der Waals surface area (Å²) in [5.41, 5.74) is 1.26. The maximum atomic E-state index is 12.3. The molecule has 4 nitrogen and oxygen atoms in total. The van der Waals surface area contributed by atoms with E-state index in [1.807, 2.05) is 18.2 Å². The highest BCUT2D eigenvalue weighted by Gasteiger charge is 2.28. The lowest BCUT2D eigenvalue weighted by molar-refractivity contribution is 0.156. The summed E-state index contributed by atoms with van der Waals surface area (Å²) in [7, 11) is 0. The molecule has 1 aliphatic rings. The van der Waals surface area contributed by atoms with Crippen LogP contribution in [0.15, 0.2) is 30.3 Å². The van der Waals surface area contributed by atoms with Gasteiger partial charge in [0.1, 0.15) is 0 Å². The van der Waals surface area contributed by atoms with Crippen molar-refractivity contribution in [1.29, 1.82) is 0 Å². The Morgan fingerprint density at radius 2 is 2.10 bits per heavy atom. The van der Waals surface area contributed by atoms with Gasteiger partial charge in [-0.3, -0.25) is 0 Å². The summed E-state index contributed by atoms with van der Waals surface area (Å²) in [5, 5.41) is 12.4. The van der Waals surface area contributed by atoms with Gasteiger partial charge in [0, 0.05) is 19.0 Å². The molecule has 0 bridgehead atoms. The molecule has 4 heteroatoms. The molecule has 1 heterocycles. The number of rotatable bonds is 5. The fourth-order valence-corrected chi connectivity index (χ4v) is 3.03. The third-order valence-corrected chi connectivity index (χ3v) is 4.35. The molecule has 2 N–H and O–H groups in total. The van der Waals surface area contributed by atoms with Gasteiger partial charge in [-0.1, -0.05) is 44.2 Å². The van der Waals surface area contributed by atoms with Crippen molar-refractivity contribution in [2.24, 2.45) is 5.92 Å². The third-order valence-electron chi connectivity index (χ3n) is 4.35. The first-order valence-electron chi connectivity index (χ1n) is 7.83. The largest absolute Gasteiger partial charge is 0.394 e. The first-order chi connectivity index (χ1) is 10.1. The van der Waals surface area contributed by atoms with Crippen molar-refractivity contribution in [3.05, 3.63) is 35.9 Å². The zero-order valence-corrected chi connectivity index (χ0v) is 13.0. The third kappa shape index (κ3) is 3.97. The summed E-state index contributed by atoms with van der Waals surface area (Å²) in [5.74, 6) is 0.769. The number of urea groups is 1. The molecule has 1 fully saturated rings. The highest BCUT2D eigenvalue weighted by Crippen LogP contribution is 2.24. The number of nitrogens with zero attached hydrogens (tertiary/aromatic N) is 1. The van der Waals surface area contributed by atoms with Gasteiger partial charge in [-0.25, -0.2) is 4.79 Å². The molecule has 2 atom stereocenters. The zero-order chi connectivity index (χ0) is 15.2. The van der Waals surface area contributed by atoms with Crippen LogP contribution in [-0.2, 0) is 0 Å². The second kappa shape index (κ2) is 7.46. The number of hydrogen-bond donors (Lipinski definition) is 2. The van der Waals surface area contributed by atoms with Crippen LogP contribution >= 0.6 is 0 Å². The number of benzene rings is 1. The number of hydrogen-bond acceptors (Lipinski definition) is 2. The van der Waals surface area contributed by atoms with Crippen LogP contribution in [0.2, 0.25) is 0 Å². The topological polar surface area (TPSA) is 52.6 Å². The van der Waals surface area contributed by atoms with Crippen molar-refractivity contribution >= 4 is 6.03 Å². The lowest BCUT2D eigenvalue weighted by Gasteiger charge is -2.26. The van der Waals surface area contributed by atoms with E-state index >= 15 is 0 Å². The summed E-state index contributed by atoms with van der Waals surface area (Å²) in [4.78, 5) is 14.0. The van der Waals surface area contributed by atoms with Crippen LogP contribution in [-0.4, -0.2) is 41.8 Å². The van der Waals surface area contributed by atoms with E-state index < -0.39 is 0 Å². The molecular formula is C17H26N2O2. The molecule has 0 radical (unpaired) electrons. The highest BCUT2D eigenvalue weighted by molar-refractivity contribution is 5.75. The summed E-state index contributed by atoms with van der Waals surface area (Å²) >= 11 is 0. The molecule has 0 spiro atoms. The maximum Gasteiger partial charge on any atom is 0.317 e. The summed E-state index contributed by atoms with van der Waals surface area (Å²) in [6.07, 6.45) is 1.88. The van der Waals surface area contributed by atoms with Crippen LogP contribution in [0.5, 0.6) is 0 Å². The van der Waals surface area contributed by atoms with Crippen LogP contribution in [0.25, 0.3) is 0 Å². The van der Waals surface area contributed by atoms with Gasteiger partial charge in [-0.2, -0.15) is 0 Å². The normalized spacial score (nSPS) is 19.8. The van der Waals surface area contributed by atoms with Gasteiger partial charge in [0.15, 0.2) is 0 Å². The van der Waals surface area contributed by atoms with Crippen LogP contribution in [0.1, 0.15) is 38.2 Å². The molecular weight excluding hydrogens is 264 g/mol. The average Bonchev–Trinajstić information content (AvgIpc) is 2.96. The monoisotopic (exact) mass is 290 g/mol. The molecule has 0 aromatic heterocycles. The zero-order valence-electron chi connectivity index (χ0n) is 13.0. The van der Waals surface area contributed by atoms with E-state index in [0.29, 0.717) is 18.4 Å². The number of carbonyl (C=O) groups excluding carboxylic acids is 1. The molecule has 1 aromatic carbocycles. The number of nitrogens with one attached hydrogen (secondary N) is 1. The molecule has 2 rings (SSSR count). The highest BCUT2D eigenvalue weighted by atomic mass is 16.3. The van der Waals surface area contributed by atoms with Crippen molar-refractivity contribution in [3.8, 4) is 0 Å². The smallest absolute Gasteiger partial charge is 0.317 e. The van der Waals surface area contributed by atoms with Crippen molar-refractivity contribution in [3.63, 3.8) is 0 Å². The van der Waals surface area contributed by atoms with Gasteiger partial charge < -0.3 is 15.3 Å². The number of carbonyl (C=O) groups is 1. The van der Waals surface area contributed by atoms with E-state index in [2.05, 4.69) is 31.3 Å². The minimum Gasteiger partial charge on any atom is -0.394 e. The molecule has 0 saturated carbocycles. The molecule has 0 aliphatic carbocycles. The van der Waals surface area contributed by atoms with E-state index in [4.69, 9.17) is 0 Å². The van der Waals surface area contributed by atoms with Crippen molar-refractivity contribution in [2.75, 3.05) is 19.7 Å². The van der Waals surface area contributed by atoms with Crippen LogP contribution in [0.4, 0.5) is 4.79 Å². The molecule has 1 saturated heterocycles. The van der Waals surface area contributed by atoms with Gasteiger partial charge in [0.05, 0.1) is 12.6 Å². The second-order valence-electron chi connectivity index (χ2n) is 6.12. The van der Waals surface area contributed by atoms with Crippen LogP contribution < -0.4 is 5.32 Å². The van der Waals surface area contributed by atoms with E-state index in [9.17, 15) is 9.90 Å². The predicted octanol–water partition coefficient (Wildman–Crippen LogP) is 2.59. The first-order valence-corrected chi connectivity index (χ1v) is 7.83. The summed E-state index contributed by atoms with van der Waals surface area (Å²) in [6, 6.07) is 10.2. The SMILES string of the molecule is CC(C)C(CNC(=O)N1CCCC1CO)c1ccccc1.